The fraction of sp³-hybridized carbons (Fsp3) is 0.278. The van der Waals surface area contributed by atoms with Gasteiger partial charge in [-0.2, -0.15) is 0 Å². The van der Waals surface area contributed by atoms with Gasteiger partial charge in [0.1, 0.15) is 17.7 Å². The van der Waals surface area contributed by atoms with Crippen molar-refractivity contribution in [1.29, 1.82) is 0 Å². The summed E-state index contributed by atoms with van der Waals surface area (Å²) in [6, 6.07) is 13.8. The Kier molecular flexibility index (Phi) is 4.90. The summed E-state index contributed by atoms with van der Waals surface area (Å²) >= 11 is 0. The molecule has 0 aliphatic rings. The van der Waals surface area contributed by atoms with E-state index in [9.17, 15) is 5.11 Å². The lowest BCUT2D eigenvalue weighted by Gasteiger charge is -2.24. The van der Waals surface area contributed by atoms with E-state index in [1.54, 1.807) is 24.6 Å². The Morgan fingerprint density at radius 3 is 2.65 bits per heavy atom. The maximum Gasteiger partial charge on any atom is 0.133 e. The number of rotatable bonds is 7. The largest absolute Gasteiger partial charge is 0.467 e. The number of nitrogens with zero attached hydrogens (tertiary/aromatic N) is 3. The van der Waals surface area contributed by atoms with Crippen molar-refractivity contribution in [3.8, 4) is 0 Å². The molecule has 0 aliphatic heterocycles. The molecule has 23 heavy (non-hydrogen) atoms. The molecular formula is C18H21N3O2. The maximum atomic E-state index is 10.4. The van der Waals surface area contributed by atoms with Gasteiger partial charge in [0.15, 0.2) is 0 Å². The number of aromatic nitrogens is 2. The lowest BCUT2D eigenvalue weighted by atomic mass is 10.2. The minimum Gasteiger partial charge on any atom is -0.467 e. The van der Waals surface area contributed by atoms with Crippen molar-refractivity contribution in [1.82, 2.24) is 14.5 Å². The zero-order chi connectivity index (χ0) is 16.1. The summed E-state index contributed by atoms with van der Waals surface area (Å²) in [5.41, 5.74) is 1.20. The van der Waals surface area contributed by atoms with Gasteiger partial charge in [-0.3, -0.25) is 4.90 Å². The molecular weight excluding hydrogens is 290 g/mol. The fourth-order valence-electron chi connectivity index (χ4n) is 2.59. The first-order chi connectivity index (χ1) is 11.2. The SMILES string of the molecule is Cn1ccnc1CN(Cc1ccccc1)CC(O)c1ccco1. The number of aliphatic hydroxyl groups is 1. The van der Waals surface area contributed by atoms with Gasteiger partial charge in [0, 0.05) is 32.5 Å². The lowest BCUT2D eigenvalue weighted by Crippen LogP contribution is -2.29. The van der Waals surface area contributed by atoms with Crippen LogP contribution in [0.1, 0.15) is 23.3 Å². The van der Waals surface area contributed by atoms with E-state index < -0.39 is 6.10 Å². The van der Waals surface area contributed by atoms with Crippen LogP contribution in [0.3, 0.4) is 0 Å². The molecule has 1 unspecified atom stereocenters. The maximum absolute atomic E-state index is 10.4. The third-order valence-corrected chi connectivity index (χ3v) is 3.84. The Labute approximate surface area is 135 Å². The number of furan rings is 1. The predicted molar refractivity (Wildman–Crippen MR) is 87.4 cm³/mol. The third-order valence-electron chi connectivity index (χ3n) is 3.84. The number of hydrogen-bond acceptors (Lipinski definition) is 4. The molecule has 2 aromatic heterocycles. The molecule has 5 nitrogen and oxygen atoms in total. The molecule has 1 atom stereocenters. The summed E-state index contributed by atoms with van der Waals surface area (Å²) in [6.07, 6.45) is 4.64. The van der Waals surface area contributed by atoms with E-state index in [1.165, 1.54) is 5.56 Å². The van der Waals surface area contributed by atoms with E-state index in [1.807, 2.05) is 36.0 Å². The summed E-state index contributed by atoms with van der Waals surface area (Å²) in [4.78, 5) is 6.55. The average Bonchev–Trinajstić information content (AvgIpc) is 3.21. The van der Waals surface area contributed by atoms with Crippen LogP contribution in [-0.2, 0) is 20.1 Å². The minimum absolute atomic E-state index is 0.481. The molecule has 0 spiro atoms. The van der Waals surface area contributed by atoms with Gasteiger partial charge in [0.25, 0.3) is 0 Å². The zero-order valence-electron chi connectivity index (χ0n) is 13.2. The number of benzene rings is 1. The van der Waals surface area contributed by atoms with E-state index in [4.69, 9.17) is 4.42 Å². The molecule has 0 amide bonds. The van der Waals surface area contributed by atoms with Crippen LogP contribution in [-0.4, -0.2) is 26.1 Å². The van der Waals surface area contributed by atoms with E-state index in [2.05, 4.69) is 22.0 Å². The first-order valence-corrected chi connectivity index (χ1v) is 7.66. The van der Waals surface area contributed by atoms with Gasteiger partial charge in [0.05, 0.1) is 12.8 Å². The Morgan fingerprint density at radius 1 is 1.17 bits per heavy atom. The molecule has 1 aromatic carbocycles. The van der Waals surface area contributed by atoms with Crippen molar-refractivity contribution < 1.29 is 9.52 Å². The van der Waals surface area contributed by atoms with Crippen molar-refractivity contribution in [3.63, 3.8) is 0 Å². The van der Waals surface area contributed by atoms with Gasteiger partial charge in [-0.25, -0.2) is 4.98 Å². The highest BCUT2D eigenvalue weighted by Crippen LogP contribution is 2.17. The summed E-state index contributed by atoms with van der Waals surface area (Å²) in [6.45, 7) is 1.89. The standard InChI is InChI=1S/C18H21N3O2/c1-20-10-9-19-18(20)14-21(12-15-6-3-2-4-7-15)13-16(22)17-8-5-11-23-17/h2-11,16,22H,12-14H2,1H3. The number of imidazole rings is 1. The highest BCUT2D eigenvalue weighted by atomic mass is 16.4. The molecule has 0 radical (unpaired) electrons. The summed E-state index contributed by atoms with van der Waals surface area (Å²) in [5.74, 6) is 1.55. The second-order valence-electron chi connectivity index (χ2n) is 5.64. The topological polar surface area (TPSA) is 54.4 Å². The van der Waals surface area contributed by atoms with Gasteiger partial charge in [-0.15, -0.1) is 0 Å². The van der Waals surface area contributed by atoms with Crippen molar-refractivity contribution in [2.75, 3.05) is 6.54 Å². The quantitative estimate of drug-likeness (QED) is 0.729. The predicted octanol–water partition coefficient (Wildman–Crippen LogP) is 2.75. The third kappa shape index (κ3) is 4.09. The molecule has 120 valence electrons. The summed E-state index contributed by atoms with van der Waals surface area (Å²) in [5, 5.41) is 10.4. The first-order valence-electron chi connectivity index (χ1n) is 7.66. The molecule has 3 rings (SSSR count). The fourth-order valence-corrected chi connectivity index (χ4v) is 2.59. The van der Waals surface area contributed by atoms with Crippen molar-refractivity contribution in [3.05, 3.63) is 78.3 Å². The molecule has 0 bridgehead atoms. The van der Waals surface area contributed by atoms with Crippen LogP contribution in [0, 0.1) is 0 Å². The van der Waals surface area contributed by atoms with Crippen LogP contribution in [0.5, 0.6) is 0 Å². The lowest BCUT2D eigenvalue weighted by molar-refractivity contribution is 0.0856. The van der Waals surface area contributed by atoms with Crippen LogP contribution in [0.25, 0.3) is 0 Å². The van der Waals surface area contributed by atoms with Crippen molar-refractivity contribution in [2.45, 2.75) is 19.2 Å². The van der Waals surface area contributed by atoms with Gasteiger partial charge < -0.3 is 14.1 Å². The second kappa shape index (κ2) is 7.26. The average molecular weight is 311 g/mol. The second-order valence-corrected chi connectivity index (χ2v) is 5.64. The first kappa shape index (κ1) is 15.5. The molecule has 3 aromatic rings. The molecule has 1 N–H and O–H groups in total. The van der Waals surface area contributed by atoms with E-state index in [-0.39, 0.29) is 0 Å². The number of aryl methyl sites for hydroxylation is 1. The Hall–Kier alpha value is -2.37. The number of hydrogen-bond donors (Lipinski definition) is 1. The van der Waals surface area contributed by atoms with E-state index in [0.717, 1.165) is 12.4 Å². The monoisotopic (exact) mass is 311 g/mol. The molecule has 0 fully saturated rings. The minimum atomic E-state index is -0.658. The number of aliphatic hydroxyl groups excluding tert-OH is 1. The van der Waals surface area contributed by atoms with Gasteiger partial charge in [0.2, 0.25) is 0 Å². The van der Waals surface area contributed by atoms with Crippen molar-refractivity contribution in [2.24, 2.45) is 7.05 Å². The summed E-state index contributed by atoms with van der Waals surface area (Å²) in [7, 11) is 1.98. The molecule has 0 saturated heterocycles. The highest BCUT2D eigenvalue weighted by Gasteiger charge is 2.17. The van der Waals surface area contributed by atoms with Crippen molar-refractivity contribution >= 4 is 0 Å². The van der Waals surface area contributed by atoms with Crippen LogP contribution in [0.15, 0.2) is 65.5 Å². The smallest absolute Gasteiger partial charge is 0.133 e. The normalized spacial score (nSPS) is 12.7. The van der Waals surface area contributed by atoms with Gasteiger partial charge in [-0.05, 0) is 17.7 Å². The van der Waals surface area contributed by atoms with Crippen LogP contribution in [0.4, 0.5) is 0 Å². The van der Waals surface area contributed by atoms with Crippen LogP contribution >= 0.6 is 0 Å². The van der Waals surface area contributed by atoms with Crippen LogP contribution in [0.2, 0.25) is 0 Å². The Morgan fingerprint density at radius 2 is 2.00 bits per heavy atom. The molecule has 2 heterocycles. The van der Waals surface area contributed by atoms with Crippen LogP contribution < -0.4 is 0 Å². The molecule has 0 aliphatic carbocycles. The molecule has 0 saturated carbocycles. The molecule has 5 heteroatoms. The summed E-state index contributed by atoms with van der Waals surface area (Å²) < 4.78 is 7.31. The Bertz CT molecular complexity index is 707. The van der Waals surface area contributed by atoms with Gasteiger partial charge in [-0.1, -0.05) is 30.3 Å². The zero-order valence-corrected chi connectivity index (χ0v) is 13.2. The highest BCUT2D eigenvalue weighted by molar-refractivity contribution is 5.14. The Balaban J connectivity index is 1.74. The van der Waals surface area contributed by atoms with E-state index in [0.29, 0.717) is 18.8 Å². The van der Waals surface area contributed by atoms with Gasteiger partial charge >= 0.3 is 0 Å². The van der Waals surface area contributed by atoms with E-state index >= 15 is 0 Å².